The normalized spacial score (nSPS) is 18.5. The van der Waals surface area contributed by atoms with Gasteiger partial charge in [-0.3, -0.25) is 38.7 Å². The maximum absolute atomic E-state index is 13.5. The molecule has 31 nitrogen and oxygen atoms in total. The molecule has 11 heterocycles. The van der Waals surface area contributed by atoms with Crippen molar-refractivity contribution >= 4 is 76.4 Å². The minimum Gasteiger partial charge on any atom is -0.496 e. The first-order valence-electron chi connectivity index (χ1n) is 45.1. The number of hydrogen-bond acceptors (Lipinski definition) is 28. The highest BCUT2D eigenvalue weighted by molar-refractivity contribution is 6.62. The molecule has 3 aromatic carbocycles. The second kappa shape index (κ2) is 44.2. The Morgan fingerprint density at radius 3 is 1.16 bits per heavy atom. The lowest BCUT2D eigenvalue weighted by Crippen LogP contribution is -2.44. The highest BCUT2D eigenvalue weighted by atomic mass is 35.5. The van der Waals surface area contributed by atoms with E-state index in [1.54, 1.807) is 70.6 Å². The average molecular weight is 1770 g/mol. The Hall–Kier alpha value is -10.2. The molecule has 0 unspecified atom stereocenters. The third-order valence-electron chi connectivity index (χ3n) is 25.7. The van der Waals surface area contributed by atoms with Crippen LogP contribution in [0, 0.1) is 0 Å². The molecule has 127 heavy (non-hydrogen) atoms. The largest absolute Gasteiger partial charge is 0.496 e. The van der Waals surface area contributed by atoms with Crippen molar-refractivity contribution in [3.63, 3.8) is 0 Å². The van der Waals surface area contributed by atoms with Gasteiger partial charge in [-0.15, -0.1) is 0 Å². The topological polar surface area (TPSA) is 363 Å². The molecule has 0 saturated carbocycles. The molecule has 7 aliphatic heterocycles. The highest BCUT2D eigenvalue weighted by Gasteiger charge is 2.53. The molecule has 3 N–H and O–H groups in total. The molecule has 4 fully saturated rings. The summed E-state index contributed by atoms with van der Waals surface area (Å²) in [6, 6.07) is 15.4. The third kappa shape index (κ3) is 25.2. The molecule has 4 saturated heterocycles. The smallest absolute Gasteiger partial charge is 0.494 e. The van der Waals surface area contributed by atoms with Crippen molar-refractivity contribution < 1.29 is 80.1 Å². The van der Waals surface area contributed by atoms with Crippen LogP contribution in [0.1, 0.15) is 258 Å². The van der Waals surface area contributed by atoms with Gasteiger partial charge in [-0.05, 0) is 135 Å². The maximum Gasteiger partial charge on any atom is 0.494 e. The van der Waals surface area contributed by atoms with E-state index in [-0.39, 0.29) is 40.7 Å². The average Bonchev–Trinajstić information content (AvgIpc) is 1.61. The van der Waals surface area contributed by atoms with E-state index in [0.717, 1.165) is 169 Å². The summed E-state index contributed by atoms with van der Waals surface area (Å²) in [6.07, 6.45) is 29.1. The van der Waals surface area contributed by atoms with Crippen molar-refractivity contribution in [3.8, 4) is 62.5 Å². The van der Waals surface area contributed by atoms with Crippen LogP contribution in [0.5, 0.6) is 17.2 Å². The molecule has 3 spiro atoms. The number of halogens is 1. The summed E-state index contributed by atoms with van der Waals surface area (Å²) >= 11 is 6.11. The molecule has 0 bridgehead atoms. The van der Waals surface area contributed by atoms with Gasteiger partial charge in [0.2, 0.25) is 17.7 Å². The number of benzene rings is 3. The number of methoxy groups -OCH3 is 3. The summed E-state index contributed by atoms with van der Waals surface area (Å²) < 4.78 is 48.1. The quantitative estimate of drug-likeness (QED) is 0.0239. The summed E-state index contributed by atoms with van der Waals surface area (Å²) in [7, 11) is 10.5. The Morgan fingerprint density at radius 2 is 0.803 bits per heavy atom. The van der Waals surface area contributed by atoms with E-state index in [1.165, 1.54) is 0 Å². The number of piperidine rings is 3. The van der Waals surface area contributed by atoms with Gasteiger partial charge in [0, 0.05) is 159 Å². The second-order valence-corrected chi connectivity index (χ2v) is 36.0. The predicted molar refractivity (Wildman–Crippen MR) is 483 cm³/mol. The van der Waals surface area contributed by atoms with Crippen molar-refractivity contribution in [1.82, 2.24) is 55.6 Å². The number of Topliss-reactive ketones (excluding diaryl/α,β-unsaturated/α-hetero) is 3. The van der Waals surface area contributed by atoms with E-state index < -0.39 is 47.6 Å². The lowest BCUT2D eigenvalue weighted by molar-refractivity contribution is -0.119. The zero-order valence-electron chi connectivity index (χ0n) is 76.0. The number of carbonyl (C=O) groups excluding carboxylic acids is 6. The number of rotatable bonds is 38. The van der Waals surface area contributed by atoms with E-state index in [2.05, 4.69) is 92.2 Å². The number of carbonyl (C=O) groups is 6. The van der Waals surface area contributed by atoms with Crippen molar-refractivity contribution in [2.24, 2.45) is 15.5 Å². The Morgan fingerprint density at radius 1 is 0.449 bits per heavy atom. The fourth-order valence-electron chi connectivity index (χ4n) is 16.5. The first-order valence-corrected chi connectivity index (χ1v) is 45.4. The molecular weight excluding hydrogens is 1640 g/mol. The summed E-state index contributed by atoms with van der Waals surface area (Å²) in [5.41, 5.74) is 3.70. The number of aromatic nitrogens is 5. The molecule has 7 aliphatic rings. The van der Waals surface area contributed by atoms with Crippen LogP contribution >= 0.6 is 11.6 Å². The van der Waals surface area contributed by atoms with Crippen molar-refractivity contribution in [2.75, 3.05) is 81.7 Å². The highest BCUT2D eigenvalue weighted by Crippen LogP contribution is 2.43. The van der Waals surface area contributed by atoms with Gasteiger partial charge in [0.25, 0.3) is 17.7 Å². The van der Waals surface area contributed by atoms with E-state index in [0.29, 0.717) is 151 Å². The van der Waals surface area contributed by atoms with Gasteiger partial charge < -0.3 is 81.9 Å². The molecule has 4 aromatic heterocycles. The first-order chi connectivity index (χ1) is 61.1. The minimum atomic E-state index is -0.526. The summed E-state index contributed by atoms with van der Waals surface area (Å²) in [5, 5.41) is 22.5. The van der Waals surface area contributed by atoms with E-state index in [9.17, 15) is 28.8 Å². The van der Waals surface area contributed by atoms with E-state index >= 15 is 0 Å². The number of nitrogens with one attached hydrogen (secondary N) is 3. The van der Waals surface area contributed by atoms with Crippen molar-refractivity contribution in [3.05, 3.63) is 114 Å². The van der Waals surface area contributed by atoms with Crippen molar-refractivity contribution in [1.29, 1.82) is 0 Å². The Balaban J connectivity index is 0.000000174. The standard InChI is InChI=1S/C34H49BN4O7.C32H40N6O5.C28H37ClN4O5/c1-8-24(40)12-10-9-11-13-26(37-30(41)27-21-34(46-38-27)16-18-39(6)19-17-34)31-36-22-29(43-31)25-15-14-23(20-28(25)42-7)35-44-32(2,3)33(4,5)45-35;1-4-23(39)8-6-5-7-9-25(36-30(40)26-19-32(43-37-26)12-16-38(2)17-13-32)31-35-21-29(42-31)24-11-10-22(18-28(24)41-3)27-20-33-14-15-34-27;1-4-20(34)8-6-5-7-9-22(27-30-18-25(37-27)21-11-10-19(29)16-24(21)36-3)31-26(35)23-17-28(38-32-23)12-14-33(2)15-13-28/h14-15,20,22,26H,8-13,16-19,21H2,1-7H3,(H,37,41);10-11,14-15,18,20-21,25H,4-9,12-13,16-17,19H2,1-3H3,(H,36,40);10-11,16,18,22H,4-9,12-15,17H2,1-3H3,(H,31,35)/t26-;25-;22-/m000/s1. The Kier molecular flexibility index (Phi) is 33.3. The first kappa shape index (κ1) is 95.9. The number of ether oxygens (including phenoxy) is 3. The zero-order chi connectivity index (χ0) is 90.5. The molecule has 3 atom stereocenters. The van der Waals surface area contributed by atoms with Gasteiger partial charge in [-0.2, -0.15) is 0 Å². The molecule has 7 aromatic rings. The van der Waals surface area contributed by atoms with Gasteiger partial charge in [0.1, 0.15) is 86.7 Å². The minimum absolute atomic E-state index is 0.266. The SMILES string of the molecule is CCC(=O)CCCCC[C@H](NC(=O)C1=NOC2(CCN(C)CC2)C1)c1ncc(-c2ccc(-c3cnccn3)cc2OC)o1.CCC(=O)CCCCC[C@H](NC(=O)C1=NOC2(CCN(C)CC2)C1)c1ncc(-c2ccc(B3OC(C)(C)C(C)(C)O3)cc2OC)o1.CCC(=O)CCCCC[C@H](NC(=O)C1=NOC2(CCN(C)CC2)C1)c1ncc(-c2ccc(Cl)cc2OC)o1. The summed E-state index contributed by atoms with van der Waals surface area (Å²) in [6.45, 7) is 19.2. The van der Waals surface area contributed by atoms with Gasteiger partial charge in [0.05, 0.1) is 79.7 Å². The van der Waals surface area contributed by atoms with E-state index in [4.69, 9.17) is 62.9 Å². The number of oxime groups is 3. The summed E-state index contributed by atoms with van der Waals surface area (Å²) in [4.78, 5) is 122. The van der Waals surface area contributed by atoms with Crippen LogP contribution in [0.4, 0.5) is 0 Å². The third-order valence-corrected chi connectivity index (χ3v) is 25.9. The van der Waals surface area contributed by atoms with Gasteiger partial charge in [0.15, 0.2) is 17.3 Å². The lowest BCUT2D eigenvalue weighted by Gasteiger charge is -2.35. The maximum atomic E-state index is 13.5. The second-order valence-electron chi connectivity index (χ2n) is 35.5. The molecule has 684 valence electrons. The van der Waals surface area contributed by atoms with Crippen LogP contribution in [0.2, 0.25) is 5.02 Å². The summed E-state index contributed by atoms with van der Waals surface area (Å²) in [5.74, 6) is 4.54. The van der Waals surface area contributed by atoms with Gasteiger partial charge in [-0.1, -0.05) is 98.5 Å². The number of hydrogen-bond donors (Lipinski definition) is 3. The number of unbranched alkanes of at least 4 members (excludes halogenated alkanes) is 6. The molecule has 0 radical (unpaired) electrons. The van der Waals surface area contributed by atoms with Crippen molar-refractivity contribution in [2.45, 2.75) is 268 Å². The molecule has 0 aliphatic carbocycles. The van der Waals surface area contributed by atoms with Crippen LogP contribution in [-0.4, -0.2) is 209 Å². The number of likely N-dealkylation sites (tertiary alicyclic amines) is 3. The monoisotopic (exact) mass is 1770 g/mol. The fraction of sp³-hybridized carbons (Fsp3) is 0.574. The number of amides is 3. The van der Waals surface area contributed by atoms with Crippen LogP contribution in [0.25, 0.3) is 45.2 Å². The van der Waals surface area contributed by atoms with Crippen LogP contribution in [0.15, 0.2) is 120 Å². The van der Waals surface area contributed by atoms with Crippen LogP contribution in [0.3, 0.4) is 0 Å². The van der Waals surface area contributed by atoms with Gasteiger partial charge in [-0.25, -0.2) is 15.0 Å². The Labute approximate surface area is 750 Å². The van der Waals surface area contributed by atoms with E-state index in [1.807, 2.05) is 90.9 Å². The number of ketones is 3. The molecular formula is C94H126BClN14O17. The van der Waals surface area contributed by atoms with Gasteiger partial charge >= 0.3 is 7.12 Å². The van der Waals surface area contributed by atoms with Crippen LogP contribution in [-0.2, 0) is 52.6 Å². The predicted octanol–water partition coefficient (Wildman–Crippen LogP) is 15.4. The molecule has 14 rings (SSSR count). The fourth-order valence-corrected chi connectivity index (χ4v) is 16.7. The Bertz CT molecular complexity index is 4970. The molecule has 3 amide bonds. The number of nitrogens with zero attached hydrogens (tertiary/aromatic N) is 11. The lowest BCUT2D eigenvalue weighted by atomic mass is 9.78. The molecule has 33 heteroatoms. The number of oxazole rings is 3. The van der Waals surface area contributed by atoms with Crippen LogP contribution < -0.4 is 35.6 Å². The zero-order valence-corrected chi connectivity index (χ0v) is 76.8.